The summed E-state index contributed by atoms with van der Waals surface area (Å²) in [5, 5.41) is 16.2. The number of aliphatic hydroxyl groups is 1. The number of hydrogen-bond donors (Lipinski definition) is 3. The third-order valence-electron chi connectivity index (χ3n) is 6.55. The molecular weight excluding hydrogens is 506 g/mol. The third-order valence-corrected chi connectivity index (χ3v) is 6.55. The first-order valence-corrected chi connectivity index (χ1v) is 12.7. The molecule has 3 atom stereocenters. The molecule has 10 heteroatoms. The van der Waals surface area contributed by atoms with Crippen LogP contribution in [0, 0.1) is 12.3 Å². The lowest BCUT2D eigenvalue weighted by molar-refractivity contribution is -0.147. The molecule has 8 nitrogen and oxygen atoms in total. The molecule has 0 bridgehead atoms. The van der Waals surface area contributed by atoms with Crippen LogP contribution in [0.25, 0.3) is 0 Å². The molecule has 0 unspecified atom stereocenters. The van der Waals surface area contributed by atoms with Crippen LogP contribution in [0.4, 0.5) is 14.5 Å². The maximum Gasteiger partial charge on any atom is 0.267 e. The minimum Gasteiger partial charge on any atom is -0.381 e. The van der Waals surface area contributed by atoms with E-state index in [1.165, 1.54) is 0 Å². The van der Waals surface area contributed by atoms with Crippen LogP contribution in [0.15, 0.2) is 54.6 Å². The molecule has 0 radical (unpaired) electrons. The zero-order chi connectivity index (χ0) is 28.6. The van der Waals surface area contributed by atoms with Gasteiger partial charge in [0.1, 0.15) is 6.04 Å². The lowest BCUT2D eigenvalue weighted by atomic mass is 9.99. The van der Waals surface area contributed by atoms with Crippen LogP contribution >= 0.6 is 0 Å². The zero-order valence-electron chi connectivity index (χ0n) is 22.1. The smallest absolute Gasteiger partial charge is 0.267 e. The molecule has 0 aliphatic carbocycles. The van der Waals surface area contributed by atoms with Crippen LogP contribution in [-0.4, -0.2) is 72.5 Å². The molecule has 2 aromatic carbocycles. The van der Waals surface area contributed by atoms with Gasteiger partial charge < -0.3 is 25.5 Å². The van der Waals surface area contributed by atoms with Crippen molar-refractivity contribution in [3.8, 4) is 12.3 Å². The van der Waals surface area contributed by atoms with E-state index in [2.05, 4.69) is 16.6 Å². The summed E-state index contributed by atoms with van der Waals surface area (Å²) in [6, 6.07) is 13.6. The topological polar surface area (TPSA) is 102 Å². The summed E-state index contributed by atoms with van der Waals surface area (Å²) >= 11 is 0. The van der Waals surface area contributed by atoms with Gasteiger partial charge in [0, 0.05) is 45.6 Å². The van der Waals surface area contributed by atoms with Gasteiger partial charge in [-0.1, -0.05) is 42.5 Å². The summed E-state index contributed by atoms with van der Waals surface area (Å²) in [6.45, 7) is -0.928. The monoisotopic (exact) mass is 540 g/mol. The van der Waals surface area contributed by atoms with Gasteiger partial charge in [-0.2, -0.15) is 0 Å². The molecule has 0 spiro atoms. The number of hydrogen-bond acceptors (Lipinski definition) is 5. The van der Waals surface area contributed by atoms with Crippen molar-refractivity contribution in [2.24, 2.45) is 0 Å². The zero-order valence-corrected chi connectivity index (χ0v) is 22.1. The summed E-state index contributed by atoms with van der Waals surface area (Å²) in [7, 11) is 3.79. The number of amides is 3. The summed E-state index contributed by atoms with van der Waals surface area (Å²) in [5.41, 5.74) is 2.44. The molecule has 39 heavy (non-hydrogen) atoms. The van der Waals surface area contributed by atoms with E-state index >= 15 is 0 Å². The van der Waals surface area contributed by atoms with Gasteiger partial charge in [-0.05, 0) is 29.7 Å². The second-order valence-electron chi connectivity index (χ2n) is 9.83. The normalized spacial score (nSPS) is 17.5. The second kappa shape index (κ2) is 13.2. The van der Waals surface area contributed by atoms with Crippen LogP contribution in [0.2, 0.25) is 0 Å². The standard InChI is InChI=1S/C29H34F2N4O4/c1-4-5-11-25(36)33-23(16-20-9-7-6-8-10-20)26(37)28(39)35-19-29(30,31)17-24(35)27(38)32-18-21-12-14-22(15-13-21)34(2)3/h1,6-10,12-15,23-24,26,37H,5,11,16-19H2,2-3H3,(H,32,38)(H,33,36)/t23-,24-,26-/m0/s1. The highest BCUT2D eigenvalue weighted by Crippen LogP contribution is 2.33. The molecule has 3 N–H and O–H groups in total. The van der Waals surface area contributed by atoms with E-state index < -0.39 is 54.8 Å². The van der Waals surface area contributed by atoms with Crippen LogP contribution in [0.1, 0.15) is 30.4 Å². The van der Waals surface area contributed by atoms with Crippen molar-refractivity contribution >= 4 is 23.4 Å². The average Bonchev–Trinajstić information content (AvgIpc) is 3.25. The highest BCUT2D eigenvalue weighted by molar-refractivity contribution is 5.91. The molecule has 1 heterocycles. The Labute approximate surface area is 227 Å². The first kappa shape index (κ1) is 29.6. The summed E-state index contributed by atoms with van der Waals surface area (Å²) in [5.74, 6) is -3.25. The number of carbonyl (C=O) groups is 3. The van der Waals surface area contributed by atoms with E-state index in [1.54, 1.807) is 30.3 Å². The first-order chi connectivity index (χ1) is 18.5. The molecule has 0 saturated carbocycles. The molecule has 208 valence electrons. The Morgan fingerprint density at radius 1 is 1.13 bits per heavy atom. The fourth-order valence-corrected chi connectivity index (χ4v) is 4.42. The number of alkyl halides is 2. The lowest BCUT2D eigenvalue weighted by Gasteiger charge is -2.30. The van der Waals surface area contributed by atoms with Gasteiger partial charge >= 0.3 is 0 Å². The Hall–Kier alpha value is -3.97. The molecule has 1 fully saturated rings. The summed E-state index contributed by atoms with van der Waals surface area (Å²) in [4.78, 5) is 41.3. The molecule has 1 aliphatic heterocycles. The molecule has 3 amide bonds. The van der Waals surface area contributed by atoms with Gasteiger partial charge in [0.25, 0.3) is 11.8 Å². The van der Waals surface area contributed by atoms with Gasteiger partial charge in [0.05, 0.1) is 12.6 Å². The average molecular weight is 541 g/mol. The minimum absolute atomic E-state index is 0.0228. The molecule has 3 rings (SSSR count). The lowest BCUT2D eigenvalue weighted by Crippen LogP contribution is -2.55. The van der Waals surface area contributed by atoms with Crippen LogP contribution in [0.3, 0.4) is 0 Å². The van der Waals surface area contributed by atoms with E-state index in [1.807, 2.05) is 43.3 Å². The SMILES string of the molecule is C#CCCC(=O)N[C@@H](Cc1ccccc1)[C@H](O)C(=O)N1CC(F)(F)C[C@H]1C(=O)NCc1ccc(N(C)C)cc1. The maximum atomic E-state index is 14.5. The number of anilines is 1. The van der Waals surface area contributed by atoms with E-state index in [-0.39, 0.29) is 25.8 Å². The van der Waals surface area contributed by atoms with Crippen LogP contribution < -0.4 is 15.5 Å². The Morgan fingerprint density at radius 2 is 1.79 bits per heavy atom. The first-order valence-electron chi connectivity index (χ1n) is 12.7. The molecule has 1 saturated heterocycles. The number of nitrogens with zero attached hydrogens (tertiary/aromatic N) is 2. The number of terminal acetylenes is 1. The second-order valence-corrected chi connectivity index (χ2v) is 9.83. The third kappa shape index (κ3) is 8.26. The number of halogens is 2. The Morgan fingerprint density at radius 3 is 2.41 bits per heavy atom. The molecule has 1 aliphatic rings. The molecular formula is C29H34F2N4O4. The fourth-order valence-electron chi connectivity index (χ4n) is 4.42. The van der Waals surface area contributed by atoms with Gasteiger partial charge in [-0.15, -0.1) is 12.3 Å². The Kier molecular flexibility index (Phi) is 10.0. The minimum atomic E-state index is -3.31. The fraction of sp³-hybridized carbons (Fsp3) is 0.414. The summed E-state index contributed by atoms with van der Waals surface area (Å²) < 4.78 is 28.9. The Bertz CT molecular complexity index is 1180. The van der Waals surface area contributed by atoms with Crippen molar-refractivity contribution in [1.29, 1.82) is 0 Å². The van der Waals surface area contributed by atoms with Crippen molar-refractivity contribution in [2.75, 3.05) is 25.5 Å². The van der Waals surface area contributed by atoms with E-state index in [9.17, 15) is 28.3 Å². The predicted octanol–water partition coefficient (Wildman–Crippen LogP) is 2.11. The highest BCUT2D eigenvalue weighted by Gasteiger charge is 2.51. The number of rotatable bonds is 11. The quantitative estimate of drug-likeness (QED) is 0.379. The van der Waals surface area contributed by atoms with Gasteiger partial charge in [-0.3, -0.25) is 14.4 Å². The largest absolute Gasteiger partial charge is 0.381 e. The number of nitrogens with one attached hydrogen (secondary N) is 2. The van der Waals surface area contributed by atoms with Crippen LogP contribution in [-0.2, 0) is 27.3 Å². The molecule has 0 aromatic heterocycles. The van der Waals surface area contributed by atoms with Crippen molar-refractivity contribution in [1.82, 2.24) is 15.5 Å². The van der Waals surface area contributed by atoms with Crippen molar-refractivity contribution < 1.29 is 28.3 Å². The number of carbonyl (C=O) groups excluding carboxylic acids is 3. The summed E-state index contributed by atoms with van der Waals surface area (Å²) in [6.07, 6.45) is 2.70. The van der Waals surface area contributed by atoms with Crippen molar-refractivity contribution in [2.45, 2.75) is 56.3 Å². The van der Waals surface area contributed by atoms with E-state index in [4.69, 9.17) is 6.42 Å². The van der Waals surface area contributed by atoms with Gasteiger partial charge in [0.15, 0.2) is 6.10 Å². The maximum absolute atomic E-state index is 14.5. The van der Waals surface area contributed by atoms with Crippen molar-refractivity contribution in [3.05, 3.63) is 65.7 Å². The molecule has 2 aromatic rings. The van der Waals surface area contributed by atoms with E-state index in [0.29, 0.717) is 10.5 Å². The predicted molar refractivity (Wildman–Crippen MR) is 144 cm³/mol. The number of aliphatic hydroxyl groups excluding tert-OH is 1. The van der Waals surface area contributed by atoms with Gasteiger partial charge in [0.2, 0.25) is 11.8 Å². The van der Waals surface area contributed by atoms with Crippen molar-refractivity contribution in [3.63, 3.8) is 0 Å². The van der Waals surface area contributed by atoms with Gasteiger partial charge in [-0.25, -0.2) is 8.78 Å². The number of likely N-dealkylation sites (tertiary alicyclic amines) is 1. The highest BCUT2D eigenvalue weighted by atomic mass is 19.3. The van der Waals surface area contributed by atoms with Crippen LogP contribution in [0.5, 0.6) is 0 Å². The Balaban J connectivity index is 1.74. The van der Waals surface area contributed by atoms with E-state index in [0.717, 1.165) is 11.3 Å². The number of benzene rings is 2.